The molecule has 8 heteroatoms. The Hall–Kier alpha value is -2.06. The Morgan fingerprint density at radius 2 is 2.23 bits per heavy atom. The fraction of sp³-hybridized carbons (Fsp3) is 0.357. The molecule has 0 saturated heterocycles. The highest BCUT2D eigenvalue weighted by Crippen LogP contribution is 2.26. The van der Waals surface area contributed by atoms with Crippen LogP contribution in [-0.4, -0.2) is 30.7 Å². The summed E-state index contributed by atoms with van der Waals surface area (Å²) in [5.41, 5.74) is 1.17. The van der Waals surface area contributed by atoms with Crippen molar-refractivity contribution in [1.29, 1.82) is 0 Å². The summed E-state index contributed by atoms with van der Waals surface area (Å²) in [4.78, 5) is 10.6. The van der Waals surface area contributed by atoms with Gasteiger partial charge in [-0.05, 0) is 12.8 Å². The molecule has 0 aromatic rings. The summed E-state index contributed by atoms with van der Waals surface area (Å²) in [5.74, 6) is -0.543. The fourth-order valence-corrected chi connectivity index (χ4v) is 2.51. The Labute approximate surface area is 130 Å². The molecule has 0 radical (unpaired) electrons. The standard InChI is InChI=1S/C14H17NO6S/c16-14(17)6-7-15(22(18)19)13-10-20-9-12(21-13)8-11-4-2-1-3-5-11/h1-2,4,9-10H,3,5-8H2,(H,16,17)(H,18,19). The maximum Gasteiger partial charge on any atom is 0.305 e. The van der Waals surface area contributed by atoms with Crippen LogP contribution in [0.3, 0.4) is 0 Å². The van der Waals surface area contributed by atoms with Crippen LogP contribution in [0.2, 0.25) is 0 Å². The largest absolute Gasteiger partial charge is 0.481 e. The number of allylic oxidation sites excluding steroid dienone is 4. The van der Waals surface area contributed by atoms with Gasteiger partial charge in [0.1, 0.15) is 12.0 Å². The third-order valence-electron chi connectivity index (χ3n) is 3.07. The van der Waals surface area contributed by atoms with Gasteiger partial charge in [-0.1, -0.05) is 23.8 Å². The Morgan fingerprint density at radius 1 is 1.41 bits per heavy atom. The predicted octanol–water partition coefficient (Wildman–Crippen LogP) is 2.25. The number of carboxylic acids is 1. The lowest BCUT2D eigenvalue weighted by molar-refractivity contribution is -0.137. The second kappa shape index (κ2) is 7.81. The fourth-order valence-electron chi connectivity index (χ4n) is 2.02. The first-order chi connectivity index (χ1) is 10.6. The van der Waals surface area contributed by atoms with Crippen LogP contribution in [0.5, 0.6) is 0 Å². The number of carbonyl (C=O) groups is 1. The summed E-state index contributed by atoms with van der Waals surface area (Å²) in [5, 5.41) is 8.69. The molecule has 0 aromatic carbocycles. The Balaban J connectivity index is 1.98. The van der Waals surface area contributed by atoms with Crippen LogP contribution in [0.1, 0.15) is 25.7 Å². The zero-order chi connectivity index (χ0) is 15.9. The first kappa shape index (κ1) is 16.3. The Kier molecular flexibility index (Phi) is 5.79. The average Bonchev–Trinajstić information content (AvgIpc) is 2.48. The molecule has 0 saturated carbocycles. The van der Waals surface area contributed by atoms with Crippen molar-refractivity contribution in [3.8, 4) is 0 Å². The van der Waals surface area contributed by atoms with Gasteiger partial charge in [-0.15, -0.1) is 0 Å². The van der Waals surface area contributed by atoms with Gasteiger partial charge in [0.25, 0.3) is 11.3 Å². The first-order valence-electron chi connectivity index (χ1n) is 6.73. The van der Waals surface area contributed by atoms with Gasteiger partial charge < -0.3 is 14.6 Å². The van der Waals surface area contributed by atoms with Gasteiger partial charge in [0.2, 0.25) is 5.88 Å². The summed E-state index contributed by atoms with van der Waals surface area (Å²) < 4.78 is 32.2. The van der Waals surface area contributed by atoms with Gasteiger partial charge >= 0.3 is 5.97 Å². The molecule has 0 spiro atoms. The lowest BCUT2D eigenvalue weighted by Crippen LogP contribution is -2.29. The summed E-state index contributed by atoms with van der Waals surface area (Å²) in [6, 6.07) is 0. The van der Waals surface area contributed by atoms with E-state index in [1.807, 2.05) is 12.2 Å². The van der Waals surface area contributed by atoms with Crippen LogP contribution < -0.4 is 0 Å². The first-order valence-corrected chi connectivity index (χ1v) is 7.80. The highest BCUT2D eigenvalue weighted by Gasteiger charge is 2.22. The van der Waals surface area contributed by atoms with E-state index in [4.69, 9.17) is 14.6 Å². The van der Waals surface area contributed by atoms with Gasteiger partial charge in [0, 0.05) is 13.0 Å². The van der Waals surface area contributed by atoms with Crippen molar-refractivity contribution in [1.82, 2.24) is 4.31 Å². The summed E-state index contributed by atoms with van der Waals surface area (Å²) in [6.45, 7) is -0.160. The second-order valence-electron chi connectivity index (χ2n) is 4.72. The van der Waals surface area contributed by atoms with Gasteiger partial charge in [0.15, 0.2) is 6.26 Å². The zero-order valence-electron chi connectivity index (χ0n) is 11.8. The molecule has 7 nitrogen and oxygen atoms in total. The molecule has 1 heterocycles. The number of hydrogen-bond donors (Lipinski definition) is 2. The molecule has 1 atom stereocenters. The molecule has 2 rings (SSSR count). The van der Waals surface area contributed by atoms with Crippen molar-refractivity contribution in [3.63, 3.8) is 0 Å². The SMILES string of the molecule is O=C(O)CCN(C1=COC=C(CC2=CC=CCC2)O1)S(=O)O. The van der Waals surface area contributed by atoms with Gasteiger partial charge in [-0.2, -0.15) is 0 Å². The molecule has 1 aliphatic heterocycles. The van der Waals surface area contributed by atoms with Crippen LogP contribution >= 0.6 is 0 Å². The van der Waals surface area contributed by atoms with E-state index in [1.54, 1.807) is 0 Å². The highest BCUT2D eigenvalue weighted by molar-refractivity contribution is 7.76. The minimum Gasteiger partial charge on any atom is -0.481 e. The van der Waals surface area contributed by atoms with Crippen LogP contribution in [0.4, 0.5) is 0 Å². The van der Waals surface area contributed by atoms with E-state index in [1.165, 1.54) is 18.1 Å². The maximum atomic E-state index is 11.3. The molecule has 1 unspecified atom stereocenters. The molecule has 1 aliphatic carbocycles. The van der Waals surface area contributed by atoms with Gasteiger partial charge in [-0.25, -0.2) is 8.51 Å². The molecule has 22 heavy (non-hydrogen) atoms. The van der Waals surface area contributed by atoms with Crippen molar-refractivity contribution >= 4 is 17.2 Å². The predicted molar refractivity (Wildman–Crippen MR) is 79.1 cm³/mol. The summed E-state index contributed by atoms with van der Waals surface area (Å²) >= 11 is -2.40. The number of carboxylic acid groups (broad SMARTS) is 1. The van der Waals surface area contributed by atoms with Crippen LogP contribution in [-0.2, 0) is 25.5 Å². The topological polar surface area (TPSA) is 96.3 Å². The molecule has 2 aliphatic rings. The molecule has 0 amide bonds. The van der Waals surface area contributed by atoms with Crippen molar-refractivity contribution < 1.29 is 28.1 Å². The monoisotopic (exact) mass is 327 g/mol. The molecule has 0 fully saturated rings. The van der Waals surface area contributed by atoms with Crippen LogP contribution in [0, 0.1) is 0 Å². The maximum absolute atomic E-state index is 11.3. The number of hydrogen-bond acceptors (Lipinski definition) is 4. The van der Waals surface area contributed by atoms with Gasteiger partial charge in [-0.3, -0.25) is 9.35 Å². The molecular formula is C14H17NO6S. The third kappa shape index (κ3) is 4.74. The summed E-state index contributed by atoms with van der Waals surface area (Å²) in [6.07, 6.45) is 10.8. The van der Waals surface area contributed by atoms with Crippen LogP contribution in [0.25, 0.3) is 0 Å². The zero-order valence-corrected chi connectivity index (χ0v) is 12.6. The molecule has 2 N–H and O–H groups in total. The number of ether oxygens (including phenoxy) is 2. The molecular weight excluding hydrogens is 310 g/mol. The summed E-state index contributed by atoms with van der Waals surface area (Å²) in [7, 11) is 0. The van der Waals surface area contributed by atoms with Crippen LogP contribution in [0.15, 0.2) is 48.0 Å². The molecule has 0 aromatic heterocycles. The van der Waals surface area contributed by atoms with E-state index in [-0.39, 0.29) is 18.8 Å². The lowest BCUT2D eigenvalue weighted by atomic mass is 10.0. The minimum atomic E-state index is -2.40. The van der Waals surface area contributed by atoms with E-state index in [2.05, 4.69) is 6.08 Å². The van der Waals surface area contributed by atoms with Crippen molar-refractivity contribution in [3.05, 3.63) is 48.0 Å². The minimum absolute atomic E-state index is 0.0199. The average molecular weight is 327 g/mol. The smallest absolute Gasteiger partial charge is 0.305 e. The third-order valence-corrected chi connectivity index (χ3v) is 3.81. The highest BCUT2D eigenvalue weighted by atomic mass is 32.2. The second-order valence-corrected chi connectivity index (χ2v) is 5.63. The number of aliphatic carboxylic acids is 1. The normalized spacial score (nSPS) is 18.3. The Bertz CT molecular complexity index is 578. The van der Waals surface area contributed by atoms with Crippen molar-refractivity contribution in [2.75, 3.05) is 6.54 Å². The van der Waals surface area contributed by atoms with E-state index >= 15 is 0 Å². The molecule has 0 bridgehead atoms. The van der Waals surface area contributed by atoms with E-state index in [0.29, 0.717) is 12.2 Å². The number of rotatable bonds is 7. The quantitative estimate of drug-likeness (QED) is 0.696. The van der Waals surface area contributed by atoms with E-state index in [0.717, 1.165) is 17.1 Å². The number of nitrogens with zero attached hydrogens (tertiary/aromatic N) is 1. The lowest BCUT2D eigenvalue weighted by Gasteiger charge is -2.25. The van der Waals surface area contributed by atoms with E-state index < -0.39 is 17.2 Å². The van der Waals surface area contributed by atoms with Crippen molar-refractivity contribution in [2.24, 2.45) is 0 Å². The Morgan fingerprint density at radius 3 is 2.86 bits per heavy atom. The van der Waals surface area contributed by atoms with E-state index in [9.17, 15) is 13.6 Å². The van der Waals surface area contributed by atoms with Gasteiger partial charge in [0.05, 0.1) is 6.42 Å². The van der Waals surface area contributed by atoms with Crippen molar-refractivity contribution in [2.45, 2.75) is 25.7 Å². The molecule has 120 valence electrons.